The van der Waals surface area contributed by atoms with Gasteiger partial charge in [-0.1, -0.05) is 37.6 Å². The lowest BCUT2D eigenvalue weighted by Crippen LogP contribution is -2.21. The summed E-state index contributed by atoms with van der Waals surface area (Å²) in [7, 11) is 0. The molecule has 0 spiro atoms. The van der Waals surface area contributed by atoms with Gasteiger partial charge in [0.2, 0.25) is 0 Å². The normalized spacial score (nSPS) is 23.6. The first kappa shape index (κ1) is 22.9. The van der Waals surface area contributed by atoms with Gasteiger partial charge >= 0.3 is 0 Å². The van der Waals surface area contributed by atoms with Crippen molar-refractivity contribution in [3.63, 3.8) is 0 Å². The van der Waals surface area contributed by atoms with Crippen LogP contribution in [0.1, 0.15) is 75.3 Å². The molecule has 1 atom stereocenters. The van der Waals surface area contributed by atoms with Gasteiger partial charge in [-0.15, -0.1) is 0 Å². The molecule has 0 saturated heterocycles. The second-order valence-electron chi connectivity index (χ2n) is 9.22. The zero-order valence-electron chi connectivity index (χ0n) is 18.7. The quantitative estimate of drug-likeness (QED) is 0.419. The molecule has 0 bridgehead atoms. The van der Waals surface area contributed by atoms with Crippen LogP contribution in [0, 0.1) is 36.1 Å². The third-order valence-electron chi connectivity index (χ3n) is 7.15. The Hall–Kier alpha value is -2.30. The van der Waals surface area contributed by atoms with E-state index in [1.807, 2.05) is 6.26 Å². The van der Waals surface area contributed by atoms with E-state index in [9.17, 15) is 17.6 Å². The van der Waals surface area contributed by atoms with Crippen molar-refractivity contribution in [3.8, 4) is 11.1 Å². The summed E-state index contributed by atoms with van der Waals surface area (Å²) in [5, 5.41) is 0. The molecule has 2 aromatic carbocycles. The molecule has 0 N–H and O–H groups in total. The first-order valence-corrected chi connectivity index (χ1v) is 11.7. The molecule has 1 nitrogen and oxygen atoms in total. The van der Waals surface area contributed by atoms with Crippen molar-refractivity contribution in [2.45, 2.75) is 77.2 Å². The molecule has 1 heterocycles. The van der Waals surface area contributed by atoms with Gasteiger partial charge in [-0.2, -0.15) is 0 Å². The maximum absolute atomic E-state index is 15.0. The largest absolute Gasteiger partial charge is 0.498 e. The van der Waals surface area contributed by atoms with Crippen LogP contribution in [0.25, 0.3) is 11.1 Å². The van der Waals surface area contributed by atoms with Crippen LogP contribution >= 0.6 is 0 Å². The highest BCUT2D eigenvalue weighted by atomic mass is 19.2. The van der Waals surface area contributed by atoms with Gasteiger partial charge in [0.25, 0.3) is 0 Å². The van der Waals surface area contributed by atoms with Crippen molar-refractivity contribution in [2.75, 3.05) is 0 Å². The number of halogens is 4. The van der Waals surface area contributed by atoms with Crippen LogP contribution in [0.4, 0.5) is 17.6 Å². The molecular formula is C27H30F4O. The maximum Gasteiger partial charge on any atom is 0.167 e. The van der Waals surface area contributed by atoms with Crippen molar-refractivity contribution in [3.05, 3.63) is 70.5 Å². The molecule has 1 unspecified atom stereocenters. The Kier molecular flexibility index (Phi) is 6.92. The summed E-state index contributed by atoms with van der Waals surface area (Å²) < 4.78 is 64.0. The molecule has 0 radical (unpaired) electrons. The van der Waals surface area contributed by atoms with E-state index in [2.05, 4.69) is 6.92 Å². The van der Waals surface area contributed by atoms with E-state index in [0.717, 1.165) is 51.4 Å². The molecule has 1 fully saturated rings. The van der Waals surface area contributed by atoms with E-state index in [4.69, 9.17) is 4.74 Å². The lowest BCUT2D eigenvalue weighted by molar-refractivity contribution is 0.104. The highest BCUT2D eigenvalue weighted by molar-refractivity contribution is 5.66. The van der Waals surface area contributed by atoms with Crippen LogP contribution in [0.3, 0.4) is 0 Å². The molecule has 5 heteroatoms. The van der Waals surface area contributed by atoms with Crippen LogP contribution in [0.5, 0.6) is 0 Å². The van der Waals surface area contributed by atoms with Crippen LogP contribution < -0.4 is 0 Å². The van der Waals surface area contributed by atoms with Crippen LogP contribution in [-0.2, 0) is 4.74 Å². The van der Waals surface area contributed by atoms with Crippen molar-refractivity contribution in [1.82, 2.24) is 0 Å². The van der Waals surface area contributed by atoms with Crippen molar-refractivity contribution in [1.29, 1.82) is 0 Å². The zero-order chi connectivity index (χ0) is 22.8. The molecule has 0 aromatic heterocycles. The highest BCUT2D eigenvalue weighted by Crippen LogP contribution is 2.43. The Morgan fingerprint density at radius 3 is 2.03 bits per heavy atom. The molecular weight excluding hydrogens is 416 g/mol. The topological polar surface area (TPSA) is 9.23 Å². The molecule has 1 saturated carbocycles. The van der Waals surface area contributed by atoms with E-state index < -0.39 is 23.3 Å². The fraction of sp³-hybridized carbons (Fsp3) is 0.481. The maximum atomic E-state index is 15.0. The van der Waals surface area contributed by atoms with Gasteiger partial charge in [0.1, 0.15) is 0 Å². The number of aryl methyl sites for hydroxylation is 1. The summed E-state index contributed by atoms with van der Waals surface area (Å²) >= 11 is 0. The minimum Gasteiger partial charge on any atom is -0.498 e. The molecule has 2 aliphatic rings. The Labute approximate surface area is 187 Å². The van der Waals surface area contributed by atoms with E-state index in [1.165, 1.54) is 36.8 Å². The van der Waals surface area contributed by atoms with Gasteiger partial charge in [-0.05, 0) is 80.4 Å². The van der Waals surface area contributed by atoms with Gasteiger partial charge in [0.05, 0.1) is 12.4 Å². The third kappa shape index (κ3) is 4.44. The Morgan fingerprint density at radius 1 is 0.781 bits per heavy atom. The van der Waals surface area contributed by atoms with E-state index in [1.54, 1.807) is 0 Å². The Bertz CT molecular complexity index is 1010. The van der Waals surface area contributed by atoms with E-state index >= 15 is 0 Å². The van der Waals surface area contributed by atoms with Crippen molar-refractivity contribution >= 4 is 0 Å². The van der Waals surface area contributed by atoms with Crippen molar-refractivity contribution < 1.29 is 22.3 Å². The third-order valence-corrected chi connectivity index (χ3v) is 7.15. The van der Waals surface area contributed by atoms with Crippen molar-refractivity contribution in [2.24, 2.45) is 5.92 Å². The number of rotatable bonds is 5. The average Bonchev–Trinajstić information content (AvgIpc) is 2.81. The van der Waals surface area contributed by atoms with Gasteiger partial charge in [0, 0.05) is 11.1 Å². The highest BCUT2D eigenvalue weighted by Gasteiger charge is 2.30. The zero-order valence-corrected chi connectivity index (χ0v) is 18.7. The molecule has 4 rings (SSSR count). The molecule has 172 valence electrons. The van der Waals surface area contributed by atoms with Gasteiger partial charge in [-0.25, -0.2) is 17.6 Å². The van der Waals surface area contributed by atoms with Crippen LogP contribution in [0.2, 0.25) is 0 Å². The minimum atomic E-state index is -1.15. The number of allylic oxidation sites excluding steroid dienone is 1. The Balaban J connectivity index is 1.47. The number of ether oxygens (including phenoxy) is 1. The summed E-state index contributed by atoms with van der Waals surface area (Å²) in [6.45, 7) is 3.59. The summed E-state index contributed by atoms with van der Waals surface area (Å²) in [5.74, 6) is -3.89. The first-order chi connectivity index (χ1) is 15.4. The fourth-order valence-electron chi connectivity index (χ4n) is 5.19. The fourth-order valence-corrected chi connectivity index (χ4v) is 5.19. The summed E-state index contributed by atoms with van der Waals surface area (Å²) in [5.41, 5.74) is 1.29. The predicted octanol–water partition coefficient (Wildman–Crippen LogP) is 8.36. The smallest absolute Gasteiger partial charge is 0.167 e. The van der Waals surface area contributed by atoms with Crippen LogP contribution in [-0.4, -0.2) is 6.10 Å². The van der Waals surface area contributed by atoms with Gasteiger partial charge in [-0.3, -0.25) is 0 Å². The van der Waals surface area contributed by atoms with E-state index in [-0.39, 0.29) is 22.6 Å². The average molecular weight is 447 g/mol. The Morgan fingerprint density at radius 2 is 1.41 bits per heavy atom. The molecule has 32 heavy (non-hydrogen) atoms. The number of benzene rings is 2. The number of hydrogen-bond donors (Lipinski definition) is 0. The second kappa shape index (κ2) is 9.68. The lowest BCUT2D eigenvalue weighted by atomic mass is 9.74. The standard InChI is InChI=1S/C27H30F4O/c1-3-4-20-11-10-19(15-32-20)17-6-8-18(9-7-17)21-13-14-23(27(31)25(21)29)22-12-5-16(2)24(28)26(22)30/h5,12-15,17-18,20H,3-4,6-11H2,1-2H3. The van der Waals surface area contributed by atoms with E-state index in [0.29, 0.717) is 17.6 Å². The SMILES string of the molecule is CCCC1CCC(C2CCC(c3ccc(-c4ccc(C)c(F)c4F)c(F)c3F)CC2)=CO1. The predicted molar refractivity (Wildman–Crippen MR) is 118 cm³/mol. The second-order valence-corrected chi connectivity index (χ2v) is 9.22. The summed E-state index contributed by atoms with van der Waals surface area (Å²) in [6.07, 6.45) is 9.93. The van der Waals surface area contributed by atoms with Gasteiger partial charge < -0.3 is 4.74 Å². The summed E-state index contributed by atoms with van der Waals surface area (Å²) in [6, 6.07) is 5.57. The lowest BCUT2D eigenvalue weighted by Gasteiger charge is -2.33. The molecule has 1 aliphatic heterocycles. The molecule has 2 aromatic rings. The first-order valence-electron chi connectivity index (χ1n) is 11.7. The summed E-state index contributed by atoms with van der Waals surface area (Å²) in [4.78, 5) is 0. The molecule has 0 amide bonds. The van der Waals surface area contributed by atoms with Gasteiger partial charge in [0.15, 0.2) is 23.3 Å². The molecule has 1 aliphatic carbocycles. The monoisotopic (exact) mass is 446 g/mol. The minimum absolute atomic E-state index is 0.0765. The number of hydrogen-bond acceptors (Lipinski definition) is 1. The van der Waals surface area contributed by atoms with Crippen LogP contribution in [0.15, 0.2) is 36.1 Å².